The molecule has 0 aliphatic heterocycles. The third kappa shape index (κ3) is 4.03. The number of pyridine rings is 1. The van der Waals surface area contributed by atoms with E-state index in [2.05, 4.69) is 20.6 Å². The standard InChI is InChI=1S/C22H28N4O2S/c27-20(19-13-29-21(26-19)24-8-6-16-3-1-2-7-23-16)25-18-5-4-14-9-15-11-22(28,10-14)12-17(15)18/h1-3,7,13-15,17-18,28H,4-6,8-12H2,(H,24,26)(H,25,27)/t14?,15?,17?,18-,22-/m0/s1. The molecule has 3 aliphatic rings. The van der Waals surface area contributed by atoms with Gasteiger partial charge in [0, 0.05) is 36.3 Å². The van der Waals surface area contributed by atoms with Crippen LogP contribution in [0.4, 0.5) is 5.13 Å². The minimum atomic E-state index is -0.479. The van der Waals surface area contributed by atoms with Gasteiger partial charge < -0.3 is 15.7 Å². The van der Waals surface area contributed by atoms with Crippen molar-refractivity contribution in [1.82, 2.24) is 15.3 Å². The van der Waals surface area contributed by atoms with E-state index < -0.39 is 5.60 Å². The van der Waals surface area contributed by atoms with Crippen LogP contribution in [0.25, 0.3) is 0 Å². The number of carbonyl (C=O) groups excluding carboxylic acids is 1. The van der Waals surface area contributed by atoms with Crippen molar-refractivity contribution in [2.45, 2.75) is 56.6 Å². The number of nitrogens with one attached hydrogen (secondary N) is 2. The second-order valence-electron chi connectivity index (χ2n) is 9.06. The maximum atomic E-state index is 12.8. The molecule has 3 saturated carbocycles. The molecule has 5 atom stereocenters. The first kappa shape index (κ1) is 19.0. The van der Waals surface area contributed by atoms with Crippen molar-refractivity contribution in [3.63, 3.8) is 0 Å². The van der Waals surface area contributed by atoms with Crippen molar-refractivity contribution in [2.24, 2.45) is 17.8 Å². The highest BCUT2D eigenvalue weighted by atomic mass is 32.1. The zero-order valence-corrected chi connectivity index (χ0v) is 17.3. The first-order valence-electron chi connectivity index (χ1n) is 10.7. The van der Waals surface area contributed by atoms with Gasteiger partial charge in [-0.15, -0.1) is 11.3 Å². The molecule has 0 spiro atoms. The van der Waals surface area contributed by atoms with Gasteiger partial charge in [-0.3, -0.25) is 9.78 Å². The van der Waals surface area contributed by atoms with Crippen LogP contribution in [-0.2, 0) is 6.42 Å². The van der Waals surface area contributed by atoms with Crippen molar-refractivity contribution in [3.05, 3.63) is 41.2 Å². The number of rotatable bonds is 6. The van der Waals surface area contributed by atoms with E-state index in [0.717, 1.165) is 55.9 Å². The summed E-state index contributed by atoms with van der Waals surface area (Å²) >= 11 is 1.46. The molecule has 2 aromatic heterocycles. The van der Waals surface area contributed by atoms with Crippen LogP contribution >= 0.6 is 11.3 Å². The zero-order valence-electron chi connectivity index (χ0n) is 16.5. The summed E-state index contributed by atoms with van der Waals surface area (Å²) in [5.74, 6) is 1.51. The monoisotopic (exact) mass is 412 g/mol. The molecule has 29 heavy (non-hydrogen) atoms. The molecular weight excluding hydrogens is 384 g/mol. The summed E-state index contributed by atoms with van der Waals surface area (Å²) in [5, 5.41) is 20.0. The fourth-order valence-corrected chi connectivity index (χ4v) is 6.57. The Kier molecular flexibility index (Phi) is 5.04. The molecule has 3 N–H and O–H groups in total. The fraction of sp³-hybridized carbons (Fsp3) is 0.591. The van der Waals surface area contributed by atoms with E-state index in [9.17, 15) is 9.90 Å². The molecule has 2 heterocycles. The van der Waals surface area contributed by atoms with Gasteiger partial charge in [-0.25, -0.2) is 4.98 Å². The third-order valence-electron chi connectivity index (χ3n) is 7.01. The number of nitrogens with zero attached hydrogens (tertiary/aromatic N) is 2. The minimum Gasteiger partial charge on any atom is -0.390 e. The van der Waals surface area contributed by atoms with E-state index in [0.29, 0.717) is 23.4 Å². The Hall–Kier alpha value is -1.99. The van der Waals surface area contributed by atoms with Gasteiger partial charge in [-0.1, -0.05) is 6.07 Å². The predicted molar refractivity (Wildman–Crippen MR) is 113 cm³/mol. The number of anilines is 1. The second-order valence-corrected chi connectivity index (χ2v) is 9.91. The number of thiazole rings is 1. The summed E-state index contributed by atoms with van der Waals surface area (Å²) < 4.78 is 0. The van der Waals surface area contributed by atoms with Crippen molar-refractivity contribution in [3.8, 4) is 0 Å². The molecule has 5 rings (SSSR count). The van der Waals surface area contributed by atoms with Gasteiger partial charge in [0.15, 0.2) is 5.13 Å². The van der Waals surface area contributed by atoms with Crippen LogP contribution < -0.4 is 10.6 Å². The van der Waals surface area contributed by atoms with E-state index in [4.69, 9.17) is 0 Å². The summed E-state index contributed by atoms with van der Waals surface area (Å²) in [7, 11) is 0. The molecule has 3 aliphatic carbocycles. The van der Waals surface area contributed by atoms with Crippen molar-refractivity contribution >= 4 is 22.4 Å². The van der Waals surface area contributed by atoms with Crippen LogP contribution in [0.1, 0.15) is 54.7 Å². The number of amides is 1. The molecule has 0 radical (unpaired) electrons. The van der Waals surface area contributed by atoms with Gasteiger partial charge in [0.1, 0.15) is 5.69 Å². The second kappa shape index (κ2) is 7.69. The summed E-state index contributed by atoms with van der Waals surface area (Å²) in [6.07, 6.45) is 8.69. The Balaban J connectivity index is 1.17. The minimum absolute atomic E-state index is 0.0859. The number of aromatic nitrogens is 2. The molecule has 0 saturated heterocycles. The normalized spacial score (nSPS) is 32.7. The lowest BCUT2D eigenvalue weighted by Gasteiger charge is -2.33. The van der Waals surface area contributed by atoms with Crippen LogP contribution in [0.2, 0.25) is 0 Å². The van der Waals surface area contributed by atoms with Gasteiger partial charge in [-0.05, 0) is 68.4 Å². The molecule has 1 amide bonds. The number of hydrogen-bond donors (Lipinski definition) is 3. The van der Waals surface area contributed by atoms with E-state index in [1.54, 1.807) is 6.20 Å². The van der Waals surface area contributed by atoms with Gasteiger partial charge >= 0.3 is 0 Å². The smallest absolute Gasteiger partial charge is 0.271 e. The molecule has 3 fully saturated rings. The quantitative estimate of drug-likeness (QED) is 0.678. The average molecular weight is 413 g/mol. The Bertz CT molecular complexity index is 873. The van der Waals surface area contributed by atoms with E-state index in [-0.39, 0.29) is 11.9 Å². The van der Waals surface area contributed by atoms with Crippen molar-refractivity contribution < 1.29 is 9.90 Å². The number of aliphatic hydroxyl groups is 1. The van der Waals surface area contributed by atoms with Gasteiger partial charge in [0.05, 0.1) is 5.60 Å². The summed E-state index contributed by atoms with van der Waals surface area (Å²) in [4.78, 5) is 21.6. The van der Waals surface area contributed by atoms with Crippen LogP contribution in [0.15, 0.2) is 29.8 Å². The Morgan fingerprint density at radius 1 is 1.28 bits per heavy atom. The predicted octanol–water partition coefficient (Wildman–Crippen LogP) is 3.25. The molecule has 2 aromatic rings. The largest absolute Gasteiger partial charge is 0.390 e. The maximum absolute atomic E-state index is 12.8. The van der Waals surface area contributed by atoms with Gasteiger partial charge in [-0.2, -0.15) is 0 Å². The lowest BCUT2D eigenvalue weighted by molar-refractivity contribution is -0.00594. The zero-order chi connectivity index (χ0) is 19.8. The van der Waals surface area contributed by atoms with Crippen molar-refractivity contribution in [2.75, 3.05) is 11.9 Å². The number of hydrogen-bond acceptors (Lipinski definition) is 6. The third-order valence-corrected chi connectivity index (χ3v) is 7.81. The molecule has 0 aromatic carbocycles. The molecular formula is C22H28N4O2S. The molecule has 3 unspecified atom stereocenters. The Labute approximate surface area is 175 Å². The van der Waals surface area contributed by atoms with E-state index in [1.807, 2.05) is 23.6 Å². The Morgan fingerprint density at radius 3 is 3.07 bits per heavy atom. The van der Waals surface area contributed by atoms with Crippen LogP contribution in [0.5, 0.6) is 0 Å². The summed E-state index contributed by atoms with van der Waals surface area (Å²) in [5.41, 5.74) is 1.04. The first-order chi connectivity index (χ1) is 14.1. The van der Waals surface area contributed by atoms with Crippen LogP contribution in [0.3, 0.4) is 0 Å². The number of carbonyl (C=O) groups is 1. The molecule has 7 heteroatoms. The first-order valence-corrected chi connectivity index (χ1v) is 11.6. The SMILES string of the molecule is O=C(N[C@H]1CCC2CC3C[C@@](O)(C2)CC31)c1csc(NCCc2ccccn2)n1. The fourth-order valence-electron chi connectivity index (χ4n) is 5.85. The van der Waals surface area contributed by atoms with E-state index >= 15 is 0 Å². The highest BCUT2D eigenvalue weighted by Gasteiger charge is 2.53. The summed E-state index contributed by atoms with van der Waals surface area (Å²) in [6.45, 7) is 0.734. The van der Waals surface area contributed by atoms with Crippen molar-refractivity contribution in [1.29, 1.82) is 0 Å². The van der Waals surface area contributed by atoms with Crippen LogP contribution in [-0.4, -0.2) is 39.2 Å². The lowest BCUT2D eigenvalue weighted by Crippen LogP contribution is -2.42. The molecule has 3 bridgehead atoms. The number of fused-ring (bicyclic) bond motifs is 2. The van der Waals surface area contributed by atoms with Gasteiger partial charge in [0.2, 0.25) is 0 Å². The highest BCUT2D eigenvalue weighted by molar-refractivity contribution is 7.13. The molecule has 154 valence electrons. The lowest BCUT2D eigenvalue weighted by atomic mass is 9.77. The Morgan fingerprint density at radius 2 is 2.21 bits per heavy atom. The molecule has 6 nitrogen and oxygen atoms in total. The van der Waals surface area contributed by atoms with Gasteiger partial charge in [0.25, 0.3) is 5.91 Å². The van der Waals surface area contributed by atoms with Crippen LogP contribution in [0, 0.1) is 17.8 Å². The topological polar surface area (TPSA) is 87.1 Å². The average Bonchev–Trinajstić information content (AvgIpc) is 3.24. The van der Waals surface area contributed by atoms with E-state index in [1.165, 1.54) is 17.8 Å². The summed E-state index contributed by atoms with van der Waals surface area (Å²) in [6, 6.07) is 6.06. The maximum Gasteiger partial charge on any atom is 0.271 e. The highest BCUT2D eigenvalue weighted by Crippen LogP contribution is 2.55.